The van der Waals surface area contributed by atoms with Gasteiger partial charge in [-0.05, 0) is 38.4 Å². The predicted molar refractivity (Wildman–Crippen MR) is 59.9 cm³/mol. The van der Waals surface area contributed by atoms with Crippen molar-refractivity contribution in [1.82, 2.24) is 4.90 Å². The minimum atomic E-state index is 0.831. The number of hydrogen-bond acceptors (Lipinski definition) is 2. The van der Waals surface area contributed by atoms with Crippen LogP contribution in [0, 0.1) is 5.92 Å². The fourth-order valence-electron chi connectivity index (χ4n) is 1.43. The zero-order valence-electron chi connectivity index (χ0n) is 9.55. The summed E-state index contributed by atoms with van der Waals surface area (Å²) in [5, 5.41) is 0. The molecule has 0 amide bonds. The van der Waals surface area contributed by atoms with E-state index in [1.54, 1.807) is 0 Å². The molecule has 2 nitrogen and oxygen atoms in total. The van der Waals surface area contributed by atoms with Crippen molar-refractivity contribution in [2.45, 2.75) is 40.0 Å². The van der Waals surface area contributed by atoms with Crippen LogP contribution in [0.5, 0.6) is 0 Å². The second-order valence-corrected chi connectivity index (χ2v) is 3.90. The van der Waals surface area contributed by atoms with Gasteiger partial charge in [0.15, 0.2) is 0 Å². The first-order valence-electron chi connectivity index (χ1n) is 5.66. The largest absolute Gasteiger partial charge is 0.330 e. The Bertz CT molecular complexity index is 104. The van der Waals surface area contributed by atoms with Crippen LogP contribution in [0.1, 0.15) is 40.0 Å². The van der Waals surface area contributed by atoms with Crippen molar-refractivity contribution in [3.8, 4) is 0 Å². The Hall–Kier alpha value is -0.0800. The van der Waals surface area contributed by atoms with E-state index in [4.69, 9.17) is 5.73 Å². The highest BCUT2D eigenvalue weighted by Crippen LogP contribution is 2.04. The molecule has 0 radical (unpaired) electrons. The first-order valence-corrected chi connectivity index (χ1v) is 5.66. The molecule has 0 bridgehead atoms. The summed E-state index contributed by atoms with van der Waals surface area (Å²) in [6.45, 7) is 11.3. The minimum Gasteiger partial charge on any atom is -0.330 e. The van der Waals surface area contributed by atoms with Gasteiger partial charge in [-0.2, -0.15) is 0 Å². The highest BCUT2D eigenvalue weighted by molar-refractivity contribution is 4.60. The number of nitrogens with two attached hydrogens (primary N) is 1. The molecule has 0 heterocycles. The van der Waals surface area contributed by atoms with Gasteiger partial charge in [0.2, 0.25) is 0 Å². The van der Waals surface area contributed by atoms with E-state index < -0.39 is 0 Å². The van der Waals surface area contributed by atoms with E-state index in [0.29, 0.717) is 0 Å². The molecule has 80 valence electrons. The Morgan fingerprint density at radius 3 is 2.38 bits per heavy atom. The van der Waals surface area contributed by atoms with Gasteiger partial charge < -0.3 is 10.6 Å². The summed E-state index contributed by atoms with van der Waals surface area (Å²) in [4.78, 5) is 2.53. The Morgan fingerprint density at radius 1 is 1.23 bits per heavy atom. The first-order chi connectivity index (χ1) is 6.24. The van der Waals surface area contributed by atoms with Crippen molar-refractivity contribution in [2.24, 2.45) is 11.7 Å². The summed E-state index contributed by atoms with van der Waals surface area (Å²) >= 11 is 0. The van der Waals surface area contributed by atoms with Crippen molar-refractivity contribution < 1.29 is 0 Å². The van der Waals surface area contributed by atoms with Crippen LogP contribution in [-0.4, -0.2) is 31.1 Å². The highest BCUT2D eigenvalue weighted by atomic mass is 15.1. The summed E-state index contributed by atoms with van der Waals surface area (Å²) in [6, 6.07) is 0. The number of nitrogens with zero attached hydrogens (tertiary/aromatic N) is 1. The van der Waals surface area contributed by atoms with E-state index in [2.05, 4.69) is 25.7 Å². The van der Waals surface area contributed by atoms with Crippen molar-refractivity contribution in [3.05, 3.63) is 0 Å². The average molecular weight is 186 g/mol. The van der Waals surface area contributed by atoms with Gasteiger partial charge in [0.25, 0.3) is 0 Å². The maximum Gasteiger partial charge on any atom is 0.000680 e. The molecule has 0 aliphatic rings. The fraction of sp³-hybridized carbons (Fsp3) is 1.00. The fourth-order valence-corrected chi connectivity index (χ4v) is 1.43. The topological polar surface area (TPSA) is 29.3 Å². The minimum absolute atomic E-state index is 0.831. The molecular weight excluding hydrogens is 160 g/mol. The molecule has 0 rings (SSSR count). The lowest BCUT2D eigenvalue weighted by Crippen LogP contribution is -2.29. The molecule has 0 aromatic carbocycles. The number of hydrogen-bond donors (Lipinski definition) is 1. The molecule has 13 heavy (non-hydrogen) atoms. The number of unbranched alkanes of at least 4 members (excludes halogenated alkanes) is 1. The third-order valence-corrected chi connectivity index (χ3v) is 2.64. The van der Waals surface area contributed by atoms with Gasteiger partial charge in [-0.15, -0.1) is 0 Å². The van der Waals surface area contributed by atoms with E-state index in [1.165, 1.54) is 32.5 Å². The molecule has 0 fully saturated rings. The van der Waals surface area contributed by atoms with Gasteiger partial charge in [0.05, 0.1) is 0 Å². The van der Waals surface area contributed by atoms with Crippen molar-refractivity contribution >= 4 is 0 Å². The Kier molecular flexibility index (Phi) is 8.46. The highest BCUT2D eigenvalue weighted by Gasteiger charge is 2.05. The zero-order chi connectivity index (χ0) is 10.1. The van der Waals surface area contributed by atoms with Crippen molar-refractivity contribution in [2.75, 3.05) is 26.2 Å². The summed E-state index contributed by atoms with van der Waals surface area (Å²) in [5.74, 6) is 0.831. The van der Waals surface area contributed by atoms with E-state index in [1.807, 2.05) is 0 Å². The molecule has 0 aromatic heterocycles. The summed E-state index contributed by atoms with van der Waals surface area (Å²) in [6.07, 6.45) is 3.70. The van der Waals surface area contributed by atoms with Crippen LogP contribution in [0.2, 0.25) is 0 Å². The molecule has 2 N–H and O–H groups in total. The molecule has 0 saturated carbocycles. The van der Waals surface area contributed by atoms with Gasteiger partial charge in [0, 0.05) is 6.54 Å². The molecule has 0 aliphatic heterocycles. The van der Waals surface area contributed by atoms with Crippen LogP contribution in [0.25, 0.3) is 0 Å². The lowest BCUT2D eigenvalue weighted by Gasteiger charge is -2.23. The average Bonchev–Trinajstić information content (AvgIpc) is 2.16. The monoisotopic (exact) mass is 186 g/mol. The van der Waals surface area contributed by atoms with Gasteiger partial charge >= 0.3 is 0 Å². The molecule has 1 unspecified atom stereocenters. The quantitative estimate of drug-likeness (QED) is 0.588. The molecular formula is C11H26N2. The Balaban J connectivity index is 3.50. The van der Waals surface area contributed by atoms with E-state index in [0.717, 1.165) is 18.9 Å². The Morgan fingerprint density at radius 2 is 1.92 bits per heavy atom. The normalized spacial score (nSPS) is 13.6. The van der Waals surface area contributed by atoms with Crippen LogP contribution in [0.4, 0.5) is 0 Å². The molecule has 1 atom stereocenters. The first kappa shape index (κ1) is 12.9. The van der Waals surface area contributed by atoms with Gasteiger partial charge in [-0.1, -0.05) is 27.2 Å². The predicted octanol–water partition coefficient (Wildman–Crippen LogP) is 2.09. The van der Waals surface area contributed by atoms with Gasteiger partial charge in [-0.3, -0.25) is 0 Å². The number of rotatable bonds is 8. The van der Waals surface area contributed by atoms with Crippen LogP contribution in [-0.2, 0) is 0 Å². The molecule has 0 saturated heterocycles. The maximum atomic E-state index is 5.47. The van der Waals surface area contributed by atoms with E-state index >= 15 is 0 Å². The van der Waals surface area contributed by atoms with Crippen LogP contribution in [0.15, 0.2) is 0 Å². The SMILES string of the molecule is CCC(C)CN(CC)CCCCN. The van der Waals surface area contributed by atoms with Crippen LogP contribution >= 0.6 is 0 Å². The van der Waals surface area contributed by atoms with Gasteiger partial charge in [-0.25, -0.2) is 0 Å². The van der Waals surface area contributed by atoms with Crippen molar-refractivity contribution in [3.63, 3.8) is 0 Å². The van der Waals surface area contributed by atoms with Crippen molar-refractivity contribution in [1.29, 1.82) is 0 Å². The zero-order valence-corrected chi connectivity index (χ0v) is 9.55. The smallest absolute Gasteiger partial charge is 0.000680 e. The maximum absolute atomic E-state index is 5.47. The summed E-state index contributed by atoms with van der Waals surface area (Å²) in [5.41, 5.74) is 5.47. The standard InChI is InChI=1S/C11H26N2/c1-4-11(3)10-13(5-2)9-7-6-8-12/h11H,4-10,12H2,1-3H3. The van der Waals surface area contributed by atoms with E-state index in [9.17, 15) is 0 Å². The summed E-state index contributed by atoms with van der Waals surface area (Å²) in [7, 11) is 0. The lowest BCUT2D eigenvalue weighted by molar-refractivity contribution is 0.242. The molecule has 2 heteroatoms. The molecule has 0 aliphatic carbocycles. The van der Waals surface area contributed by atoms with Gasteiger partial charge in [0.1, 0.15) is 0 Å². The van der Waals surface area contributed by atoms with Crippen LogP contribution in [0.3, 0.4) is 0 Å². The molecule has 0 aromatic rings. The second-order valence-electron chi connectivity index (χ2n) is 3.90. The third-order valence-electron chi connectivity index (χ3n) is 2.64. The Labute approximate surface area is 83.5 Å². The third kappa shape index (κ3) is 7.03. The van der Waals surface area contributed by atoms with E-state index in [-0.39, 0.29) is 0 Å². The molecule has 0 spiro atoms. The summed E-state index contributed by atoms with van der Waals surface area (Å²) < 4.78 is 0. The lowest BCUT2D eigenvalue weighted by atomic mass is 10.1. The van der Waals surface area contributed by atoms with Crippen LogP contribution < -0.4 is 5.73 Å². The second kappa shape index (κ2) is 8.52.